The van der Waals surface area contributed by atoms with Crippen LogP contribution in [0.15, 0.2) is 54.6 Å². The van der Waals surface area contributed by atoms with Gasteiger partial charge < -0.3 is 5.32 Å². The number of nitrogens with zero attached hydrogens (tertiary/aromatic N) is 1. The van der Waals surface area contributed by atoms with E-state index < -0.39 is 0 Å². The number of nitro groups is 1. The second-order valence-electron chi connectivity index (χ2n) is 4.62. The third kappa shape index (κ3) is 4.55. The van der Waals surface area contributed by atoms with E-state index in [4.69, 9.17) is 0 Å². The maximum absolute atomic E-state index is 11.2. The predicted molar refractivity (Wildman–Crippen MR) is 86.9 cm³/mol. The lowest BCUT2D eigenvalue weighted by Crippen LogP contribution is -2.23. The van der Waals surface area contributed by atoms with E-state index in [9.17, 15) is 10.1 Å². The number of nitro benzene ring substituents is 1. The number of halogens is 1. The number of rotatable bonds is 6. The molecule has 0 heterocycles. The number of para-hydroxylation sites is 1. The summed E-state index contributed by atoms with van der Waals surface area (Å²) in [5, 5.41) is 14.5. The molecule has 0 aliphatic carbocycles. The van der Waals surface area contributed by atoms with Crippen LogP contribution in [0.2, 0.25) is 0 Å². The number of hydrogen-bond acceptors (Lipinski definition) is 3. The van der Waals surface area contributed by atoms with Gasteiger partial charge in [0.1, 0.15) is 0 Å². The van der Waals surface area contributed by atoms with Gasteiger partial charge in [0, 0.05) is 17.7 Å². The summed E-state index contributed by atoms with van der Waals surface area (Å²) < 4.78 is 0. The molecular weight excluding hydrogens is 288 g/mol. The fraction of sp³-hybridized carbons (Fsp3) is 0.250. The fourth-order valence-corrected chi connectivity index (χ4v) is 2.34. The van der Waals surface area contributed by atoms with E-state index in [-0.39, 0.29) is 29.1 Å². The molecule has 0 saturated heterocycles. The zero-order chi connectivity index (χ0) is 14.4. The minimum Gasteiger partial charge on any atom is -0.310 e. The van der Waals surface area contributed by atoms with Crippen molar-refractivity contribution in [2.45, 2.75) is 19.4 Å². The van der Waals surface area contributed by atoms with Gasteiger partial charge in [-0.15, -0.1) is 12.4 Å². The van der Waals surface area contributed by atoms with Crippen LogP contribution in [0.25, 0.3) is 0 Å². The topological polar surface area (TPSA) is 55.2 Å². The van der Waals surface area contributed by atoms with Crippen molar-refractivity contribution < 1.29 is 4.92 Å². The first kappa shape index (κ1) is 17.1. The molecule has 0 radical (unpaired) electrons. The zero-order valence-electron chi connectivity index (χ0n) is 11.9. The number of nitrogens with one attached hydrogen (secondary N) is 1. The molecule has 0 aromatic heterocycles. The van der Waals surface area contributed by atoms with E-state index in [1.54, 1.807) is 12.1 Å². The second-order valence-corrected chi connectivity index (χ2v) is 4.62. The Morgan fingerprint density at radius 1 is 1.10 bits per heavy atom. The van der Waals surface area contributed by atoms with Crippen LogP contribution in [0.4, 0.5) is 5.69 Å². The van der Waals surface area contributed by atoms with Crippen molar-refractivity contribution in [3.8, 4) is 0 Å². The van der Waals surface area contributed by atoms with E-state index in [1.807, 2.05) is 49.4 Å². The Morgan fingerprint density at radius 2 is 1.71 bits per heavy atom. The normalized spacial score (nSPS) is 11.5. The molecule has 1 unspecified atom stereocenters. The van der Waals surface area contributed by atoms with Crippen molar-refractivity contribution in [1.29, 1.82) is 0 Å². The van der Waals surface area contributed by atoms with Crippen LogP contribution in [0, 0.1) is 10.1 Å². The van der Waals surface area contributed by atoms with Gasteiger partial charge in [0.15, 0.2) is 0 Å². The molecule has 0 bridgehead atoms. The Morgan fingerprint density at radius 3 is 2.33 bits per heavy atom. The molecule has 5 heteroatoms. The van der Waals surface area contributed by atoms with Crippen molar-refractivity contribution >= 4 is 18.1 Å². The van der Waals surface area contributed by atoms with Crippen molar-refractivity contribution in [2.75, 3.05) is 6.54 Å². The predicted octanol–water partition coefficient (Wildman–Crippen LogP) is 3.91. The van der Waals surface area contributed by atoms with E-state index in [2.05, 4.69) is 5.32 Å². The highest BCUT2D eigenvalue weighted by Crippen LogP contribution is 2.27. The summed E-state index contributed by atoms with van der Waals surface area (Å²) in [5.74, 6) is 0. The summed E-state index contributed by atoms with van der Waals surface area (Å²) in [5.41, 5.74) is 2.08. The third-order valence-corrected chi connectivity index (χ3v) is 3.24. The van der Waals surface area contributed by atoms with Gasteiger partial charge in [-0.1, -0.05) is 55.5 Å². The molecule has 0 saturated carbocycles. The molecule has 2 rings (SSSR count). The fourth-order valence-electron chi connectivity index (χ4n) is 2.34. The molecule has 112 valence electrons. The molecule has 2 aromatic rings. The van der Waals surface area contributed by atoms with Crippen LogP contribution in [0.1, 0.15) is 24.1 Å². The van der Waals surface area contributed by atoms with Gasteiger partial charge in [0.2, 0.25) is 0 Å². The molecule has 0 fully saturated rings. The van der Waals surface area contributed by atoms with Gasteiger partial charge in [0.05, 0.1) is 4.92 Å². The minimum atomic E-state index is -0.315. The Bertz CT molecular complexity index is 575. The van der Waals surface area contributed by atoms with Gasteiger partial charge >= 0.3 is 0 Å². The molecule has 0 amide bonds. The first-order valence-electron chi connectivity index (χ1n) is 6.73. The molecular formula is C16H19ClN2O2. The average molecular weight is 307 g/mol. The maximum Gasteiger partial charge on any atom is 0.274 e. The summed E-state index contributed by atoms with van der Waals surface area (Å²) in [6, 6.07) is 16.9. The lowest BCUT2D eigenvalue weighted by atomic mass is 9.97. The molecule has 4 nitrogen and oxygen atoms in total. The van der Waals surface area contributed by atoms with Crippen LogP contribution >= 0.6 is 12.4 Å². The van der Waals surface area contributed by atoms with Gasteiger partial charge in [-0.25, -0.2) is 0 Å². The highest BCUT2D eigenvalue weighted by atomic mass is 35.5. The molecule has 21 heavy (non-hydrogen) atoms. The maximum atomic E-state index is 11.2. The van der Waals surface area contributed by atoms with Gasteiger partial charge in [-0.2, -0.15) is 0 Å². The molecule has 0 aliphatic heterocycles. The SMILES string of the molecule is CCNC(Cc1ccccc1)c1ccccc1[N+](=O)[O-].Cl. The summed E-state index contributed by atoms with van der Waals surface area (Å²) >= 11 is 0. The number of hydrogen-bond donors (Lipinski definition) is 1. The largest absolute Gasteiger partial charge is 0.310 e. The smallest absolute Gasteiger partial charge is 0.274 e. The van der Waals surface area contributed by atoms with Crippen molar-refractivity contribution in [3.63, 3.8) is 0 Å². The van der Waals surface area contributed by atoms with Crippen LogP contribution in [0.5, 0.6) is 0 Å². The summed E-state index contributed by atoms with van der Waals surface area (Å²) in [7, 11) is 0. The summed E-state index contributed by atoms with van der Waals surface area (Å²) in [4.78, 5) is 10.8. The Kier molecular flexibility index (Phi) is 6.85. The zero-order valence-corrected chi connectivity index (χ0v) is 12.7. The van der Waals surface area contributed by atoms with Gasteiger partial charge in [-0.05, 0) is 18.5 Å². The first-order valence-corrected chi connectivity index (χ1v) is 6.73. The van der Waals surface area contributed by atoms with Gasteiger partial charge in [-0.3, -0.25) is 10.1 Å². The van der Waals surface area contributed by atoms with Crippen molar-refractivity contribution in [2.24, 2.45) is 0 Å². The molecule has 0 aliphatic rings. The van der Waals surface area contributed by atoms with E-state index in [0.29, 0.717) is 0 Å². The first-order chi connectivity index (χ1) is 9.72. The Hall–Kier alpha value is -1.91. The highest BCUT2D eigenvalue weighted by Gasteiger charge is 2.20. The summed E-state index contributed by atoms with van der Waals surface area (Å²) in [6.45, 7) is 2.77. The molecule has 0 spiro atoms. The van der Waals surface area contributed by atoms with E-state index in [0.717, 1.165) is 24.1 Å². The van der Waals surface area contributed by atoms with Crippen LogP contribution in [-0.4, -0.2) is 11.5 Å². The summed E-state index contributed by atoms with van der Waals surface area (Å²) in [6.07, 6.45) is 0.736. The van der Waals surface area contributed by atoms with Crippen LogP contribution in [0.3, 0.4) is 0 Å². The number of likely N-dealkylation sites (N-methyl/N-ethyl adjacent to an activating group) is 1. The standard InChI is InChI=1S/C16H18N2O2.ClH/c1-2-17-15(12-13-8-4-3-5-9-13)14-10-6-7-11-16(14)18(19)20;/h3-11,15,17H,2,12H2,1H3;1H. The molecule has 2 aromatic carbocycles. The minimum absolute atomic E-state index is 0. The second kappa shape index (κ2) is 8.39. The van der Waals surface area contributed by atoms with Crippen molar-refractivity contribution in [3.05, 3.63) is 75.8 Å². The van der Waals surface area contributed by atoms with E-state index >= 15 is 0 Å². The molecule has 1 N–H and O–H groups in total. The monoisotopic (exact) mass is 306 g/mol. The Balaban J connectivity index is 0.00000220. The van der Waals surface area contributed by atoms with Crippen LogP contribution in [-0.2, 0) is 6.42 Å². The van der Waals surface area contributed by atoms with Gasteiger partial charge in [0.25, 0.3) is 5.69 Å². The van der Waals surface area contributed by atoms with Crippen LogP contribution < -0.4 is 5.32 Å². The molecule has 1 atom stereocenters. The highest BCUT2D eigenvalue weighted by molar-refractivity contribution is 5.85. The van der Waals surface area contributed by atoms with Crippen molar-refractivity contribution in [1.82, 2.24) is 5.32 Å². The third-order valence-electron chi connectivity index (χ3n) is 3.24. The Labute approximate surface area is 130 Å². The quantitative estimate of drug-likeness (QED) is 0.650. The lowest BCUT2D eigenvalue weighted by Gasteiger charge is -2.18. The lowest BCUT2D eigenvalue weighted by molar-refractivity contribution is -0.385. The van der Waals surface area contributed by atoms with E-state index in [1.165, 1.54) is 0 Å². The average Bonchev–Trinajstić information content (AvgIpc) is 2.48. The number of benzene rings is 2.